The fraction of sp³-hybridized carbons (Fsp3) is 0.409. The molecule has 3 heterocycles. The highest BCUT2D eigenvalue weighted by molar-refractivity contribution is 7.51. The van der Waals surface area contributed by atoms with E-state index in [2.05, 4.69) is 4.98 Å². The third-order valence-corrected chi connectivity index (χ3v) is 7.17. The average molecular weight is 570 g/mol. The lowest BCUT2D eigenvalue weighted by Crippen LogP contribution is -2.42. The Morgan fingerprint density at radius 3 is 2.74 bits per heavy atom. The first kappa shape index (κ1) is 28.8. The van der Waals surface area contributed by atoms with E-state index in [1.54, 1.807) is 0 Å². The van der Waals surface area contributed by atoms with E-state index in [0.29, 0.717) is 4.57 Å². The molecule has 3 aromatic rings. The number of carbonyl (C=O) groups excluding carboxylic acids is 1. The second-order valence-corrected chi connectivity index (χ2v) is 10.3. The molecule has 1 saturated heterocycles. The molecular weight excluding hydrogens is 543 g/mol. The van der Waals surface area contributed by atoms with Gasteiger partial charge in [0, 0.05) is 11.8 Å². The fourth-order valence-electron chi connectivity index (χ4n) is 4.10. The first-order valence-corrected chi connectivity index (χ1v) is 13.0. The lowest BCUT2D eigenvalue weighted by atomic mass is 9.99. The van der Waals surface area contributed by atoms with Crippen LogP contribution in [0.5, 0.6) is 5.75 Å². The molecule has 1 fully saturated rings. The Morgan fingerprint density at radius 1 is 1.41 bits per heavy atom. The molecule has 1 aliphatic rings. The molecule has 39 heavy (non-hydrogen) atoms. The zero-order chi connectivity index (χ0) is 28.7. The molecule has 7 N–H and O–H groups in total. The summed E-state index contributed by atoms with van der Waals surface area (Å²) in [7, 11) is -4.06. The van der Waals surface area contributed by atoms with Crippen molar-refractivity contribution in [2.24, 2.45) is 5.73 Å². The number of fused-ring (bicyclic) bond motifs is 1. The molecule has 0 radical (unpaired) electrons. The van der Waals surface area contributed by atoms with Crippen LogP contribution >= 0.6 is 7.75 Å². The quantitative estimate of drug-likeness (QED) is 0.136. The Hall–Kier alpha value is -3.18. The minimum atomic E-state index is -5.01. The Balaban J connectivity index is 1.63. The normalized spacial score (nSPS) is 24.3. The van der Waals surface area contributed by atoms with Crippen LogP contribution in [-0.2, 0) is 31.5 Å². The number of aromatic nitrogens is 2. The number of para-hydroxylation sites is 1. The van der Waals surface area contributed by atoms with E-state index in [1.807, 2.05) is 0 Å². The Morgan fingerprint density at radius 2 is 2.10 bits per heavy atom. The van der Waals surface area contributed by atoms with Gasteiger partial charge >= 0.3 is 13.4 Å². The van der Waals surface area contributed by atoms with Crippen LogP contribution in [0.1, 0.15) is 30.8 Å². The van der Waals surface area contributed by atoms with E-state index < -0.39 is 62.6 Å². The molecule has 0 spiro atoms. The summed E-state index contributed by atoms with van der Waals surface area (Å²) in [4.78, 5) is 43.7. The molecule has 6 atom stereocenters. The molecule has 0 saturated carbocycles. The van der Waals surface area contributed by atoms with Crippen molar-refractivity contribution in [3.63, 3.8) is 0 Å². The van der Waals surface area contributed by atoms with E-state index >= 15 is 0 Å². The van der Waals surface area contributed by atoms with Crippen molar-refractivity contribution in [2.75, 3.05) is 7.11 Å². The Bertz CT molecular complexity index is 1470. The number of rotatable bonds is 9. The van der Waals surface area contributed by atoms with E-state index in [4.69, 9.17) is 24.2 Å². The molecule has 212 valence electrons. The van der Waals surface area contributed by atoms with Crippen LogP contribution in [0.3, 0.4) is 0 Å². The van der Waals surface area contributed by atoms with Crippen LogP contribution in [0.25, 0.3) is 11.1 Å². The molecule has 0 aliphatic carbocycles. The molecule has 4 rings (SSSR count). The van der Waals surface area contributed by atoms with Gasteiger partial charge in [-0.2, -0.15) is 4.98 Å². The van der Waals surface area contributed by atoms with E-state index in [9.17, 15) is 39.5 Å². The summed E-state index contributed by atoms with van der Waals surface area (Å²) in [6, 6.07) is 5.54. The average Bonchev–Trinajstić information content (AvgIpc) is 3.42. The van der Waals surface area contributed by atoms with Gasteiger partial charge in [0.25, 0.3) is 11.8 Å². The number of hydrogen-bond acceptors (Lipinski definition) is 13. The SMILES string of the molecule is CON(C(=O)[C@H](C)N)P(=O)(O)Oc1ccccc1C(O)[C@H]1OC(O)(n2cc3cc(CO)oc3nc2=O)C[C@@H]1O. The second-order valence-electron chi connectivity index (χ2n) is 8.77. The summed E-state index contributed by atoms with van der Waals surface area (Å²) in [6.45, 7) is 0.810. The van der Waals surface area contributed by atoms with Crippen molar-refractivity contribution in [3.8, 4) is 5.75 Å². The van der Waals surface area contributed by atoms with Crippen LogP contribution in [0.15, 0.2) is 45.7 Å². The lowest BCUT2D eigenvalue weighted by Gasteiger charge is -2.28. The van der Waals surface area contributed by atoms with E-state index in [-0.39, 0.29) is 33.0 Å². The smallest absolute Gasteiger partial charge is 0.440 e. The van der Waals surface area contributed by atoms with Gasteiger partial charge in [-0.25, -0.2) is 13.9 Å². The maximum Gasteiger partial charge on any atom is 0.512 e. The minimum absolute atomic E-state index is 0.0775. The zero-order valence-corrected chi connectivity index (χ0v) is 21.5. The number of benzene rings is 1. The van der Waals surface area contributed by atoms with Crippen molar-refractivity contribution in [1.82, 2.24) is 14.4 Å². The summed E-state index contributed by atoms with van der Waals surface area (Å²) in [5.74, 6) is -3.77. The zero-order valence-electron chi connectivity index (χ0n) is 20.6. The number of carbonyl (C=O) groups is 1. The van der Waals surface area contributed by atoms with Crippen molar-refractivity contribution in [1.29, 1.82) is 0 Å². The van der Waals surface area contributed by atoms with E-state index in [1.165, 1.54) is 37.3 Å². The van der Waals surface area contributed by atoms with Crippen molar-refractivity contribution >= 4 is 24.8 Å². The van der Waals surface area contributed by atoms with Gasteiger partial charge in [0.1, 0.15) is 30.3 Å². The Labute approximate surface area is 219 Å². The number of hydroxylamine groups is 1. The largest absolute Gasteiger partial charge is 0.512 e. The topological polar surface area (TPSA) is 240 Å². The summed E-state index contributed by atoms with van der Waals surface area (Å²) in [5, 5.41) is 42.4. The number of ether oxygens (including phenoxy) is 1. The van der Waals surface area contributed by atoms with Crippen LogP contribution in [0.2, 0.25) is 0 Å². The first-order valence-electron chi connectivity index (χ1n) is 11.5. The predicted molar refractivity (Wildman–Crippen MR) is 129 cm³/mol. The standard InChI is InChI=1S/C22H27N4O12P/c1-11(23)20(30)26(35-2)39(33,34)38-16-6-4-3-5-14(16)17(29)18-15(28)8-22(32,37-18)25-9-12-7-13(10-27)36-19(12)24-21(25)31/h3-7,9,11,15,17-18,27-29,32H,8,10,23H2,1-2H3,(H,33,34)/t11-,15-,17?,18-,22?/m0/s1. The third kappa shape index (κ3) is 5.47. The monoisotopic (exact) mass is 570 g/mol. The number of furan rings is 1. The summed E-state index contributed by atoms with van der Waals surface area (Å²) in [6.07, 6.45) is -4.31. The molecule has 17 heteroatoms. The fourth-order valence-corrected chi connectivity index (χ4v) is 5.23. The van der Waals surface area contributed by atoms with Gasteiger partial charge in [0.05, 0.1) is 31.1 Å². The lowest BCUT2D eigenvalue weighted by molar-refractivity contribution is -0.266. The predicted octanol–water partition coefficient (Wildman–Crippen LogP) is -0.816. The number of nitrogens with two attached hydrogens (primary N) is 1. The second kappa shape index (κ2) is 10.8. The number of nitrogens with zero attached hydrogens (tertiary/aromatic N) is 3. The molecule has 1 aliphatic heterocycles. The van der Waals surface area contributed by atoms with Gasteiger partial charge in [0.2, 0.25) is 5.71 Å². The van der Waals surface area contributed by atoms with Crippen molar-refractivity contribution in [2.45, 2.75) is 50.2 Å². The maximum atomic E-state index is 12.9. The van der Waals surface area contributed by atoms with Crippen molar-refractivity contribution in [3.05, 3.63) is 58.3 Å². The summed E-state index contributed by atoms with van der Waals surface area (Å²) < 4.78 is 29.5. The van der Waals surface area contributed by atoms with Gasteiger partial charge < -0.3 is 39.8 Å². The Kier molecular flexibility index (Phi) is 7.96. The molecule has 0 bridgehead atoms. The van der Waals surface area contributed by atoms with Crippen molar-refractivity contribution < 1.29 is 53.2 Å². The van der Waals surface area contributed by atoms with Gasteiger partial charge in [-0.1, -0.05) is 18.2 Å². The molecule has 3 unspecified atom stereocenters. The van der Waals surface area contributed by atoms with Crippen LogP contribution in [-0.4, -0.2) is 71.0 Å². The highest BCUT2D eigenvalue weighted by atomic mass is 31.2. The first-order chi connectivity index (χ1) is 18.3. The van der Waals surface area contributed by atoms with Gasteiger partial charge in [-0.3, -0.25) is 14.5 Å². The molecular formula is C22H27N4O12P. The molecule has 1 amide bonds. The molecule has 1 aromatic carbocycles. The van der Waals surface area contributed by atoms with Crippen LogP contribution in [0, 0.1) is 0 Å². The number of hydrogen-bond donors (Lipinski definition) is 6. The summed E-state index contributed by atoms with van der Waals surface area (Å²) in [5.41, 5.74) is 4.23. The number of aliphatic hydroxyl groups is 4. The number of amides is 1. The van der Waals surface area contributed by atoms with Crippen LogP contribution in [0.4, 0.5) is 0 Å². The minimum Gasteiger partial charge on any atom is -0.440 e. The van der Waals surface area contributed by atoms with Gasteiger partial charge in [0.15, 0.2) is 0 Å². The highest BCUT2D eigenvalue weighted by Crippen LogP contribution is 2.49. The highest BCUT2D eigenvalue weighted by Gasteiger charge is 2.51. The van der Waals surface area contributed by atoms with E-state index in [0.717, 1.165) is 13.3 Å². The van der Waals surface area contributed by atoms with Crippen LogP contribution < -0.4 is 15.9 Å². The summed E-state index contributed by atoms with van der Waals surface area (Å²) >= 11 is 0. The molecule has 2 aromatic heterocycles. The number of aliphatic hydroxyl groups excluding tert-OH is 3. The maximum absolute atomic E-state index is 12.9. The van der Waals surface area contributed by atoms with Gasteiger partial charge in [-0.15, -0.1) is 4.83 Å². The molecule has 16 nitrogen and oxygen atoms in total. The van der Waals surface area contributed by atoms with Gasteiger partial charge in [-0.05, 0) is 19.1 Å². The third-order valence-electron chi connectivity index (χ3n) is 5.92.